The predicted molar refractivity (Wildman–Crippen MR) is 114 cm³/mol. The topological polar surface area (TPSA) is 82.4 Å². The molecule has 2 amide bonds. The van der Waals surface area contributed by atoms with E-state index in [1.807, 2.05) is 23.2 Å². The molecular weight excluding hydrogens is 364 g/mol. The lowest BCUT2D eigenvalue weighted by Crippen LogP contribution is -2.38. The van der Waals surface area contributed by atoms with Crippen molar-refractivity contribution in [3.8, 4) is 0 Å². The number of fused-ring (bicyclic) bond motifs is 1. The van der Waals surface area contributed by atoms with E-state index in [0.29, 0.717) is 25.4 Å². The van der Waals surface area contributed by atoms with E-state index in [9.17, 15) is 9.59 Å². The average molecular weight is 397 g/mol. The van der Waals surface area contributed by atoms with Crippen LogP contribution >= 0.6 is 0 Å². The molecule has 0 spiro atoms. The van der Waals surface area contributed by atoms with E-state index in [4.69, 9.17) is 5.73 Å². The molecule has 0 aliphatic carbocycles. The van der Waals surface area contributed by atoms with E-state index in [2.05, 4.69) is 29.1 Å². The maximum atomic E-state index is 12.8. The number of likely N-dealkylation sites (tertiary alicyclic amines) is 2. The summed E-state index contributed by atoms with van der Waals surface area (Å²) in [5.41, 5.74) is 8.11. The van der Waals surface area contributed by atoms with E-state index in [1.165, 1.54) is 10.9 Å². The molecule has 6 heteroatoms. The van der Waals surface area contributed by atoms with Crippen LogP contribution in [-0.4, -0.2) is 59.8 Å². The Kier molecular flexibility index (Phi) is 5.90. The standard InChI is InChI=1S/C23H32N4O2/c1-26-11-9-16(10-12-26)19-14-27(15-20(19)23(24)29)22(28)8-4-5-17-13-25-21-7-3-2-6-18(17)21/h2-3,6-7,13,16,19-20,25H,4-5,8-12,14-15H2,1H3,(H2,24,29). The normalized spacial score (nSPS) is 23.7. The van der Waals surface area contributed by atoms with Gasteiger partial charge in [-0.25, -0.2) is 0 Å². The lowest BCUT2D eigenvalue weighted by molar-refractivity contribution is -0.130. The molecule has 2 atom stereocenters. The lowest BCUT2D eigenvalue weighted by Gasteiger charge is -2.34. The van der Waals surface area contributed by atoms with Crippen molar-refractivity contribution in [3.05, 3.63) is 36.0 Å². The van der Waals surface area contributed by atoms with Gasteiger partial charge >= 0.3 is 0 Å². The molecule has 0 bridgehead atoms. The van der Waals surface area contributed by atoms with Gasteiger partial charge in [0.15, 0.2) is 0 Å². The summed E-state index contributed by atoms with van der Waals surface area (Å²) in [5, 5.41) is 1.23. The van der Waals surface area contributed by atoms with Gasteiger partial charge < -0.3 is 20.5 Å². The second kappa shape index (κ2) is 8.57. The van der Waals surface area contributed by atoms with Crippen LogP contribution in [0.2, 0.25) is 0 Å². The third kappa shape index (κ3) is 4.32. The number of piperidine rings is 1. The Morgan fingerprint density at radius 2 is 1.93 bits per heavy atom. The number of benzene rings is 1. The van der Waals surface area contributed by atoms with Gasteiger partial charge in [0.05, 0.1) is 5.92 Å². The number of nitrogens with two attached hydrogens (primary N) is 1. The minimum absolute atomic E-state index is 0.159. The van der Waals surface area contributed by atoms with Gasteiger partial charge in [-0.15, -0.1) is 0 Å². The van der Waals surface area contributed by atoms with Crippen molar-refractivity contribution >= 4 is 22.7 Å². The molecule has 2 aliphatic rings. The van der Waals surface area contributed by atoms with Crippen molar-refractivity contribution in [1.29, 1.82) is 0 Å². The number of nitrogens with zero attached hydrogens (tertiary/aromatic N) is 2. The second-order valence-electron chi connectivity index (χ2n) is 8.83. The molecule has 29 heavy (non-hydrogen) atoms. The molecule has 2 aliphatic heterocycles. The van der Waals surface area contributed by atoms with Gasteiger partial charge in [0.1, 0.15) is 0 Å². The highest BCUT2D eigenvalue weighted by Crippen LogP contribution is 2.35. The fourth-order valence-corrected chi connectivity index (χ4v) is 5.19. The number of rotatable bonds is 6. The molecule has 2 unspecified atom stereocenters. The zero-order valence-corrected chi connectivity index (χ0v) is 17.3. The molecule has 1 aromatic heterocycles. The van der Waals surface area contributed by atoms with Crippen LogP contribution in [-0.2, 0) is 16.0 Å². The molecule has 0 saturated carbocycles. The molecule has 2 saturated heterocycles. The number of carbonyl (C=O) groups is 2. The zero-order chi connectivity index (χ0) is 20.4. The van der Waals surface area contributed by atoms with Crippen LogP contribution in [0, 0.1) is 17.8 Å². The first kappa shape index (κ1) is 20.0. The number of primary amides is 1. The Morgan fingerprint density at radius 1 is 1.17 bits per heavy atom. The summed E-state index contributed by atoms with van der Waals surface area (Å²) in [6.07, 6.45) is 6.44. The first-order chi connectivity index (χ1) is 14.0. The number of hydrogen-bond donors (Lipinski definition) is 2. The highest BCUT2D eigenvalue weighted by Gasteiger charge is 2.42. The Balaban J connectivity index is 1.33. The predicted octanol–water partition coefficient (Wildman–Crippen LogP) is 2.39. The van der Waals surface area contributed by atoms with E-state index >= 15 is 0 Å². The molecule has 156 valence electrons. The van der Waals surface area contributed by atoms with E-state index in [0.717, 1.165) is 44.3 Å². The summed E-state index contributed by atoms with van der Waals surface area (Å²) in [7, 11) is 2.14. The quantitative estimate of drug-likeness (QED) is 0.787. The lowest BCUT2D eigenvalue weighted by atomic mass is 9.78. The maximum absolute atomic E-state index is 12.8. The van der Waals surface area contributed by atoms with E-state index in [-0.39, 0.29) is 23.7 Å². The Bertz CT molecular complexity index is 869. The van der Waals surface area contributed by atoms with Crippen molar-refractivity contribution < 1.29 is 9.59 Å². The van der Waals surface area contributed by atoms with Crippen molar-refractivity contribution in [2.24, 2.45) is 23.5 Å². The fourth-order valence-electron chi connectivity index (χ4n) is 5.19. The van der Waals surface area contributed by atoms with E-state index in [1.54, 1.807) is 0 Å². The van der Waals surface area contributed by atoms with Gasteiger partial charge in [-0.3, -0.25) is 9.59 Å². The van der Waals surface area contributed by atoms with Crippen LogP contribution in [0.3, 0.4) is 0 Å². The highest BCUT2D eigenvalue weighted by atomic mass is 16.2. The SMILES string of the molecule is CN1CCC(C2CN(C(=O)CCCc3c[nH]c4ccccc34)CC2C(N)=O)CC1. The molecule has 1 aromatic carbocycles. The number of amides is 2. The molecule has 6 nitrogen and oxygen atoms in total. The summed E-state index contributed by atoms with van der Waals surface area (Å²) >= 11 is 0. The molecule has 2 aromatic rings. The molecule has 2 fully saturated rings. The largest absolute Gasteiger partial charge is 0.369 e. The van der Waals surface area contributed by atoms with Crippen LogP contribution < -0.4 is 5.73 Å². The van der Waals surface area contributed by atoms with Crippen molar-refractivity contribution in [2.45, 2.75) is 32.1 Å². The van der Waals surface area contributed by atoms with Gasteiger partial charge in [-0.2, -0.15) is 0 Å². The van der Waals surface area contributed by atoms with Crippen LogP contribution in [0.5, 0.6) is 0 Å². The van der Waals surface area contributed by atoms with Crippen molar-refractivity contribution in [3.63, 3.8) is 0 Å². The second-order valence-corrected chi connectivity index (χ2v) is 8.83. The van der Waals surface area contributed by atoms with Gasteiger partial charge in [0, 0.05) is 36.6 Å². The van der Waals surface area contributed by atoms with Gasteiger partial charge in [-0.1, -0.05) is 18.2 Å². The minimum atomic E-state index is -0.247. The summed E-state index contributed by atoms with van der Waals surface area (Å²) in [4.78, 5) is 32.4. The van der Waals surface area contributed by atoms with Gasteiger partial charge in [0.2, 0.25) is 11.8 Å². The van der Waals surface area contributed by atoms with Crippen LogP contribution in [0.15, 0.2) is 30.5 Å². The minimum Gasteiger partial charge on any atom is -0.369 e. The number of hydrogen-bond acceptors (Lipinski definition) is 3. The molecule has 0 radical (unpaired) electrons. The number of aryl methyl sites for hydroxylation is 1. The summed E-state index contributed by atoms with van der Waals surface area (Å²) in [6.45, 7) is 3.31. The molecule has 3 N–H and O–H groups in total. The zero-order valence-electron chi connectivity index (χ0n) is 17.3. The molecule has 4 rings (SSSR count). The third-order valence-corrected chi connectivity index (χ3v) is 6.96. The number of carbonyl (C=O) groups excluding carboxylic acids is 2. The fraction of sp³-hybridized carbons (Fsp3) is 0.565. The molecule has 3 heterocycles. The number of aromatic amines is 1. The van der Waals surface area contributed by atoms with Gasteiger partial charge in [0.25, 0.3) is 0 Å². The number of aromatic nitrogens is 1. The summed E-state index contributed by atoms with van der Waals surface area (Å²) < 4.78 is 0. The molecular formula is C23H32N4O2. The Morgan fingerprint density at radius 3 is 2.69 bits per heavy atom. The van der Waals surface area contributed by atoms with Crippen molar-refractivity contribution in [1.82, 2.24) is 14.8 Å². The van der Waals surface area contributed by atoms with Crippen LogP contribution in [0.4, 0.5) is 0 Å². The monoisotopic (exact) mass is 396 g/mol. The van der Waals surface area contributed by atoms with Gasteiger partial charge in [-0.05, 0) is 69.3 Å². The van der Waals surface area contributed by atoms with Crippen LogP contribution in [0.25, 0.3) is 10.9 Å². The van der Waals surface area contributed by atoms with E-state index < -0.39 is 0 Å². The number of nitrogens with one attached hydrogen (secondary N) is 1. The summed E-state index contributed by atoms with van der Waals surface area (Å²) in [6, 6.07) is 8.26. The number of H-pyrrole nitrogens is 1. The van der Waals surface area contributed by atoms with Crippen molar-refractivity contribution in [2.75, 3.05) is 33.2 Å². The third-order valence-electron chi connectivity index (χ3n) is 6.96. The smallest absolute Gasteiger partial charge is 0.222 e. The summed E-state index contributed by atoms with van der Waals surface area (Å²) in [5.74, 6) is 0.432. The first-order valence-corrected chi connectivity index (χ1v) is 10.8. The average Bonchev–Trinajstić information content (AvgIpc) is 3.34. The maximum Gasteiger partial charge on any atom is 0.222 e. The highest BCUT2D eigenvalue weighted by molar-refractivity contribution is 5.83. The Labute approximate surface area is 172 Å². The number of para-hydroxylation sites is 1. The van der Waals surface area contributed by atoms with Crippen LogP contribution in [0.1, 0.15) is 31.2 Å². The Hall–Kier alpha value is -2.34. The first-order valence-electron chi connectivity index (χ1n) is 10.8.